The smallest absolute Gasteiger partial charge is 0.378 e. The van der Waals surface area contributed by atoms with Crippen molar-refractivity contribution in [2.24, 2.45) is 0 Å². The van der Waals surface area contributed by atoms with Gasteiger partial charge in [-0.05, 0) is 50.5 Å². The van der Waals surface area contributed by atoms with E-state index in [1.165, 1.54) is 11.0 Å². The summed E-state index contributed by atoms with van der Waals surface area (Å²) in [6.07, 6.45) is -3.41. The van der Waals surface area contributed by atoms with Gasteiger partial charge in [-0.25, -0.2) is 0 Å². The van der Waals surface area contributed by atoms with Gasteiger partial charge in [0, 0.05) is 12.6 Å². The van der Waals surface area contributed by atoms with Crippen LogP contribution >= 0.6 is 11.6 Å². The standard InChI is InChI=1S/C23H24ClF3N6O3/c1-12-10-13(8-9-36-12)33-18(34)11-22(2,30-21(33)28)14-4-3-5-15(19(14)24)29-20(35)16-6-7-17(32-31-16)23(25,26)27/h3-7,12-13H,8-11H2,1-2H3,(H2,28,30)(H,29,35)/t12-,13-,22+/m1/s1. The number of alkyl halides is 3. The number of nitrogens with one attached hydrogen (secondary N) is 3. The van der Waals surface area contributed by atoms with E-state index in [1.54, 1.807) is 19.1 Å². The van der Waals surface area contributed by atoms with Crippen LogP contribution in [0.1, 0.15) is 54.9 Å². The second-order valence-corrected chi connectivity index (χ2v) is 9.41. The van der Waals surface area contributed by atoms with Crippen molar-refractivity contribution in [2.75, 3.05) is 11.9 Å². The lowest BCUT2D eigenvalue weighted by atomic mass is 9.85. The molecule has 1 aromatic carbocycles. The van der Waals surface area contributed by atoms with Crippen molar-refractivity contribution in [3.8, 4) is 0 Å². The van der Waals surface area contributed by atoms with E-state index in [0.717, 1.165) is 6.07 Å². The quantitative estimate of drug-likeness (QED) is 0.557. The van der Waals surface area contributed by atoms with Crippen LogP contribution in [0.5, 0.6) is 0 Å². The van der Waals surface area contributed by atoms with Gasteiger partial charge in [0.05, 0.1) is 28.8 Å². The maximum Gasteiger partial charge on any atom is 0.435 e. The maximum atomic E-state index is 13.2. The summed E-state index contributed by atoms with van der Waals surface area (Å²) >= 11 is 6.60. The third kappa shape index (κ3) is 5.14. The zero-order chi connectivity index (χ0) is 26.3. The summed E-state index contributed by atoms with van der Waals surface area (Å²) in [7, 11) is 0. The molecule has 3 N–H and O–H groups in total. The summed E-state index contributed by atoms with van der Waals surface area (Å²) in [5.74, 6) is -1.08. The van der Waals surface area contributed by atoms with E-state index >= 15 is 0 Å². The summed E-state index contributed by atoms with van der Waals surface area (Å²) in [6, 6.07) is 6.24. The molecule has 4 rings (SSSR count). The van der Waals surface area contributed by atoms with Crippen LogP contribution in [0, 0.1) is 5.41 Å². The van der Waals surface area contributed by atoms with Gasteiger partial charge in [-0.1, -0.05) is 23.7 Å². The van der Waals surface area contributed by atoms with Crippen LogP contribution in [-0.2, 0) is 21.2 Å². The molecule has 0 radical (unpaired) electrons. The molecule has 9 nitrogen and oxygen atoms in total. The number of halogens is 4. The second kappa shape index (κ2) is 9.66. The highest BCUT2D eigenvalue weighted by Crippen LogP contribution is 2.38. The summed E-state index contributed by atoms with van der Waals surface area (Å²) in [4.78, 5) is 27.2. The number of amides is 2. The number of nitrogens with zero attached hydrogens (tertiary/aromatic N) is 3. The van der Waals surface area contributed by atoms with Crippen molar-refractivity contribution in [1.82, 2.24) is 20.4 Å². The molecular weight excluding hydrogens is 501 g/mol. The fourth-order valence-electron chi connectivity index (χ4n) is 4.48. The molecule has 3 atom stereocenters. The van der Waals surface area contributed by atoms with Gasteiger partial charge >= 0.3 is 6.18 Å². The topological polar surface area (TPSA) is 120 Å². The molecule has 2 fully saturated rings. The SMILES string of the molecule is C[C@@H]1C[C@H](N2C(=N)N[C@](C)(c3cccc(NC(=O)c4ccc(C(F)(F)F)nn4)c3Cl)CC2=O)CCO1. The normalized spacial score (nSPS) is 24.9. The van der Waals surface area contributed by atoms with E-state index in [0.29, 0.717) is 31.1 Å². The third-order valence-corrected chi connectivity index (χ3v) is 6.67. The largest absolute Gasteiger partial charge is 0.435 e. The number of guanidine groups is 1. The number of hydrogen-bond acceptors (Lipinski definition) is 6. The van der Waals surface area contributed by atoms with Crippen LogP contribution in [0.25, 0.3) is 0 Å². The molecule has 192 valence electrons. The number of anilines is 1. The molecule has 13 heteroatoms. The van der Waals surface area contributed by atoms with Crippen molar-refractivity contribution in [1.29, 1.82) is 5.41 Å². The van der Waals surface area contributed by atoms with Crippen molar-refractivity contribution in [3.63, 3.8) is 0 Å². The molecular formula is C23H24ClF3N6O3. The van der Waals surface area contributed by atoms with Gasteiger partial charge in [0.15, 0.2) is 17.3 Å². The Morgan fingerprint density at radius 1 is 1.31 bits per heavy atom. The van der Waals surface area contributed by atoms with E-state index < -0.39 is 23.3 Å². The molecule has 0 aliphatic carbocycles. The molecule has 0 spiro atoms. The monoisotopic (exact) mass is 524 g/mol. The summed E-state index contributed by atoms with van der Waals surface area (Å²) < 4.78 is 43.7. The minimum absolute atomic E-state index is 0.0123. The number of benzene rings is 1. The van der Waals surface area contributed by atoms with Crippen LogP contribution < -0.4 is 10.6 Å². The van der Waals surface area contributed by atoms with E-state index in [4.69, 9.17) is 21.7 Å². The van der Waals surface area contributed by atoms with Gasteiger partial charge in [-0.2, -0.15) is 13.2 Å². The van der Waals surface area contributed by atoms with Gasteiger partial charge in [0.1, 0.15) is 0 Å². The first-order chi connectivity index (χ1) is 16.9. The van der Waals surface area contributed by atoms with Gasteiger partial charge in [-0.3, -0.25) is 19.9 Å². The van der Waals surface area contributed by atoms with Crippen LogP contribution in [0.15, 0.2) is 30.3 Å². The molecule has 0 bridgehead atoms. The Balaban J connectivity index is 1.53. The Bertz CT molecular complexity index is 1170. The molecule has 1 aromatic heterocycles. The maximum absolute atomic E-state index is 13.2. The van der Waals surface area contributed by atoms with E-state index in [9.17, 15) is 22.8 Å². The van der Waals surface area contributed by atoms with Crippen molar-refractivity contribution in [2.45, 2.75) is 57.0 Å². The summed E-state index contributed by atoms with van der Waals surface area (Å²) in [5.41, 5.74) is -1.94. The summed E-state index contributed by atoms with van der Waals surface area (Å²) in [6.45, 7) is 4.17. The minimum atomic E-state index is -4.67. The number of aromatic nitrogens is 2. The Labute approximate surface area is 209 Å². The lowest BCUT2D eigenvalue weighted by molar-refractivity contribution is -0.141. The molecule has 2 aliphatic heterocycles. The van der Waals surface area contributed by atoms with E-state index in [1.807, 2.05) is 6.92 Å². The molecule has 2 saturated heterocycles. The molecule has 36 heavy (non-hydrogen) atoms. The van der Waals surface area contributed by atoms with Crippen LogP contribution in [0.3, 0.4) is 0 Å². The summed E-state index contributed by atoms with van der Waals surface area (Å²) in [5, 5.41) is 20.7. The average molecular weight is 525 g/mol. The number of carbonyl (C=O) groups is 2. The molecule has 0 saturated carbocycles. The molecule has 2 aliphatic rings. The predicted octanol–water partition coefficient (Wildman–Crippen LogP) is 3.94. The lowest BCUT2D eigenvalue weighted by Gasteiger charge is -2.45. The Morgan fingerprint density at radius 2 is 2.06 bits per heavy atom. The van der Waals surface area contributed by atoms with Gasteiger partial charge in [0.2, 0.25) is 5.91 Å². The first-order valence-electron chi connectivity index (χ1n) is 11.2. The first kappa shape index (κ1) is 25.8. The first-order valence-corrected chi connectivity index (χ1v) is 11.6. The predicted molar refractivity (Wildman–Crippen MR) is 125 cm³/mol. The lowest BCUT2D eigenvalue weighted by Crippen LogP contribution is -2.63. The van der Waals surface area contributed by atoms with Crippen LogP contribution in [0.2, 0.25) is 5.02 Å². The Hall–Kier alpha value is -3.25. The fourth-order valence-corrected chi connectivity index (χ4v) is 4.86. The highest BCUT2D eigenvalue weighted by Gasteiger charge is 2.44. The van der Waals surface area contributed by atoms with Gasteiger partial charge in [-0.15, -0.1) is 10.2 Å². The second-order valence-electron chi connectivity index (χ2n) is 9.03. The van der Waals surface area contributed by atoms with Crippen molar-refractivity contribution in [3.05, 3.63) is 52.3 Å². The Kier molecular flexibility index (Phi) is 6.93. The molecule has 0 unspecified atom stereocenters. The number of rotatable bonds is 4. The van der Waals surface area contributed by atoms with Gasteiger partial charge < -0.3 is 15.4 Å². The molecule has 2 amide bonds. The zero-order valence-electron chi connectivity index (χ0n) is 19.4. The molecule has 2 aromatic rings. The minimum Gasteiger partial charge on any atom is -0.378 e. The highest BCUT2D eigenvalue weighted by atomic mass is 35.5. The number of carbonyl (C=O) groups excluding carboxylic acids is 2. The van der Waals surface area contributed by atoms with Crippen molar-refractivity contribution >= 4 is 35.1 Å². The van der Waals surface area contributed by atoms with Crippen molar-refractivity contribution < 1.29 is 27.5 Å². The molecule has 3 heterocycles. The number of ether oxygens (including phenoxy) is 1. The fraction of sp³-hybridized carbons (Fsp3) is 0.435. The van der Waals surface area contributed by atoms with E-state index in [-0.39, 0.29) is 46.8 Å². The average Bonchev–Trinajstić information content (AvgIpc) is 2.79. The number of hydrogen-bond donors (Lipinski definition) is 3. The Morgan fingerprint density at radius 3 is 2.67 bits per heavy atom. The zero-order valence-corrected chi connectivity index (χ0v) is 20.2. The van der Waals surface area contributed by atoms with E-state index in [2.05, 4.69) is 20.8 Å². The van der Waals surface area contributed by atoms with Crippen LogP contribution in [-0.4, -0.2) is 51.6 Å². The van der Waals surface area contributed by atoms with Crippen LogP contribution in [0.4, 0.5) is 18.9 Å². The third-order valence-electron chi connectivity index (χ3n) is 6.26. The van der Waals surface area contributed by atoms with Gasteiger partial charge in [0.25, 0.3) is 5.91 Å². The highest BCUT2D eigenvalue weighted by molar-refractivity contribution is 6.35.